The number of aromatic nitrogens is 2. The molecule has 2 nitrogen and oxygen atoms in total. The molecule has 2 rings (SSSR count). The summed E-state index contributed by atoms with van der Waals surface area (Å²) in [6.07, 6.45) is 0.841. The van der Waals surface area contributed by atoms with Gasteiger partial charge >= 0.3 is 0 Å². The van der Waals surface area contributed by atoms with E-state index in [9.17, 15) is 4.39 Å². The molecule has 2 aromatic rings. The van der Waals surface area contributed by atoms with Crippen molar-refractivity contribution in [3.05, 3.63) is 35.9 Å². The third-order valence-electron chi connectivity index (χ3n) is 1.94. The van der Waals surface area contributed by atoms with E-state index in [0.29, 0.717) is 5.65 Å². The monoisotopic (exact) mass is 176 g/mol. The first kappa shape index (κ1) is 8.10. The molecule has 0 radical (unpaired) electrons. The lowest BCUT2D eigenvalue weighted by molar-refractivity contribution is 0.588. The van der Waals surface area contributed by atoms with Crippen LogP contribution in [0.15, 0.2) is 24.3 Å². The average Bonchev–Trinajstić information content (AvgIpc) is 2.16. The van der Waals surface area contributed by atoms with Crippen molar-refractivity contribution in [1.29, 1.82) is 0 Å². The molecular formula is C10H9FN2. The van der Waals surface area contributed by atoms with E-state index < -0.39 is 5.95 Å². The molecule has 0 atom stereocenters. The Morgan fingerprint density at radius 3 is 2.69 bits per heavy atom. The minimum absolute atomic E-state index is 0.478. The van der Waals surface area contributed by atoms with Gasteiger partial charge in [0.25, 0.3) is 0 Å². The highest BCUT2D eigenvalue weighted by Gasteiger charge is 1.99. The predicted octanol–water partition coefficient (Wildman–Crippen LogP) is 2.33. The molecule has 0 N–H and O–H groups in total. The highest BCUT2D eigenvalue weighted by molar-refractivity contribution is 5.74. The lowest BCUT2D eigenvalue weighted by Crippen LogP contribution is -1.91. The minimum Gasteiger partial charge on any atom is -0.233 e. The Hall–Kier alpha value is -1.51. The van der Waals surface area contributed by atoms with Crippen molar-refractivity contribution >= 4 is 11.0 Å². The molecule has 0 aromatic carbocycles. The van der Waals surface area contributed by atoms with Gasteiger partial charge in [-0.15, -0.1) is 0 Å². The Kier molecular flexibility index (Phi) is 1.93. The number of fused-ring (bicyclic) bond motifs is 1. The van der Waals surface area contributed by atoms with E-state index >= 15 is 0 Å². The summed E-state index contributed by atoms with van der Waals surface area (Å²) < 4.78 is 12.7. The van der Waals surface area contributed by atoms with Gasteiger partial charge in [0.1, 0.15) is 0 Å². The van der Waals surface area contributed by atoms with Crippen molar-refractivity contribution < 1.29 is 4.39 Å². The van der Waals surface area contributed by atoms with Gasteiger partial charge in [-0.05, 0) is 30.7 Å². The van der Waals surface area contributed by atoms with E-state index in [1.165, 1.54) is 6.07 Å². The van der Waals surface area contributed by atoms with Gasteiger partial charge < -0.3 is 0 Å². The first-order valence-corrected chi connectivity index (χ1v) is 4.22. The van der Waals surface area contributed by atoms with Crippen molar-refractivity contribution in [2.75, 3.05) is 0 Å². The van der Waals surface area contributed by atoms with Crippen LogP contribution in [-0.4, -0.2) is 9.97 Å². The Morgan fingerprint density at radius 1 is 1.15 bits per heavy atom. The summed E-state index contributed by atoms with van der Waals surface area (Å²) in [4.78, 5) is 7.91. The van der Waals surface area contributed by atoms with Crippen LogP contribution in [0, 0.1) is 5.95 Å². The van der Waals surface area contributed by atoms with Crippen molar-refractivity contribution in [3.63, 3.8) is 0 Å². The summed E-state index contributed by atoms with van der Waals surface area (Å²) >= 11 is 0. The zero-order chi connectivity index (χ0) is 9.26. The lowest BCUT2D eigenvalue weighted by atomic mass is 10.2. The van der Waals surface area contributed by atoms with Crippen molar-refractivity contribution in [2.45, 2.75) is 13.3 Å². The zero-order valence-corrected chi connectivity index (χ0v) is 7.29. The highest BCUT2D eigenvalue weighted by atomic mass is 19.1. The molecule has 0 amide bonds. The number of pyridine rings is 2. The number of hydrogen-bond acceptors (Lipinski definition) is 2. The highest BCUT2D eigenvalue weighted by Crippen LogP contribution is 2.10. The van der Waals surface area contributed by atoms with Gasteiger partial charge in [-0.2, -0.15) is 9.37 Å². The van der Waals surface area contributed by atoms with Crippen molar-refractivity contribution in [2.24, 2.45) is 0 Å². The number of rotatable bonds is 1. The molecule has 66 valence electrons. The molecule has 13 heavy (non-hydrogen) atoms. The van der Waals surface area contributed by atoms with Crippen LogP contribution in [0.3, 0.4) is 0 Å². The van der Waals surface area contributed by atoms with Crippen LogP contribution in [0.2, 0.25) is 0 Å². The Bertz CT molecular complexity index is 440. The van der Waals surface area contributed by atoms with E-state index in [0.717, 1.165) is 17.5 Å². The normalized spacial score (nSPS) is 10.6. The fourth-order valence-electron chi connectivity index (χ4n) is 1.21. The summed E-state index contributed by atoms with van der Waals surface area (Å²) in [7, 11) is 0. The second kappa shape index (κ2) is 3.09. The van der Waals surface area contributed by atoms with Gasteiger partial charge in [-0.1, -0.05) is 6.92 Å². The second-order valence-electron chi connectivity index (χ2n) is 2.84. The van der Waals surface area contributed by atoms with Gasteiger partial charge in [-0.3, -0.25) is 0 Å². The molecule has 0 saturated heterocycles. The fraction of sp³-hybridized carbons (Fsp3) is 0.200. The standard InChI is InChI=1S/C10H9FN2/c1-2-8-5-3-7-4-6-9(11)13-10(7)12-8/h3-6H,2H2,1H3. The molecule has 0 saturated carbocycles. The molecule has 0 spiro atoms. The maximum absolute atomic E-state index is 12.7. The Balaban J connectivity index is 2.68. The van der Waals surface area contributed by atoms with E-state index in [1.54, 1.807) is 6.07 Å². The largest absolute Gasteiger partial charge is 0.233 e. The number of nitrogens with zero attached hydrogens (tertiary/aromatic N) is 2. The summed E-state index contributed by atoms with van der Waals surface area (Å²) in [6, 6.07) is 6.87. The SMILES string of the molecule is CCc1ccc2ccc(F)nc2n1. The third-order valence-corrected chi connectivity index (χ3v) is 1.94. The second-order valence-corrected chi connectivity index (χ2v) is 2.84. The summed E-state index contributed by atoms with van der Waals surface area (Å²) in [5.74, 6) is -0.478. The molecule has 0 aliphatic heterocycles. The number of aryl methyl sites for hydroxylation is 1. The first-order chi connectivity index (χ1) is 6.29. The third kappa shape index (κ3) is 1.49. The maximum Gasteiger partial charge on any atom is 0.214 e. The average molecular weight is 176 g/mol. The topological polar surface area (TPSA) is 25.8 Å². The first-order valence-electron chi connectivity index (χ1n) is 4.22. The van der Waals surface area contributed by atoms with Gasteiger partial charge in [-0.25, -0.2) is 4.98 Å². The molecule has 2 aromatic heterocycles. The van der Waals surface area contributed by atoms with Crippen molar-refractivity contribution in [1.82, 2.24) is 9.97 Å². The molecule has 0 aliphatic carbocycles. The van der Waals surface area contributed by atoms with Crippen LogP contribution < -0.4 is 0 Å². The quantitative estimate of drug-likeness (QED) is 0.623. The van der Waals surface area contributed by atoms with E-state index in [1.807, 2.05) is 19.1 Å². The van der Waals surface area contributed by atoms with Crippen molar-refractivity contribution in [3.8, 4) is 0 Å². The minimum atomic E-state index is -0.478. The van der Waals surface area contributed by atoms with Gasteiger partial charge in [0.05, 0.1) is 0 Å². The molecule has 0 fully saturated rings. The Morgan fingerprint density at radius 2 is 1.92 bits per heavy atom. The van der Waals surface area contributed by atoms with Crippen LogP contribution in [0.1, 0.15) is 12.6 Å². The zero-order valence-electron chi connectivity index (χ0n) is 7.29. The predicted molar refractivity (Wildman–Crippen MR) is 48.9 cm³/mol. The smallest absolute Gasteiger partial charge is 0.214 e. The van der Waals surface area contributed by atoms with Crippen LogP contribution in [0.25, 0.3) is 11.0 Å². The van der Waals surface area contributed by atoms with Gasteiger partial charge in [0, 0.05) is 11.1 Å². The Labute approximate surface area is 75.4 Å². The molecule has 0 bridgehead atoms. The summed E-state index contributed by atoms with van der Waals surface area (Å²) in [5, 5.41) is 0.874. The van der Waals surface area contributed by atoms with E-state index in [-0.39, 0.29) is 0 Å². The van der Waals surface area contributed by atoms with Crippen LogP contribution >= 0.6 is 0 Å². The lowest BCUT2D eigenvalue weighted by Gasteiger charge is -1.98. The fourth-order valence-corrected chi connectivity index (χ4v) is 1.21. The van der Waals surface area contributed by atoms with Crippen LogP contribution in [-0.2, 0) is 6.42 Å². The van der Waals surface area contributed by atoms with E-state index in [2.05, 4.69) is 9.97 Å². The molecule has 0 aliphatic rings. The van der Waals surface area contributed by atoms with Gasteiger partial charge in [0.2, 0.25) is 5.95 Å². The van der Waals surface area contributed by atoms with Crippen LogP contribution in [0.5, 0.6) is 0 Å². The maximum atomic E-state index is 12.7. The summed E-state index contributed by atoms with van der Waals surface area (Å²) in [6.45, 7) is 2.01. The van der Waals surface area contributed by atoms with Crippen LogP contribution in [0.4, 0.5) is 4.39 Å². The molecule has 0 unspecified atom stereocenters. The molecular weight excluding hydrogens is 167 g/mol. The van der Waals surface area contributed by atoms with E-state index in [4.69, 9.17) is 0 Å². The van der Waals surface area contributed by atoms with Gasteiger partial charge in [0.15, 0.2) is 5.65 Å². The number of halogens is 1. The number of hydrogen-bond donors (Lipinski definition) is 0. The summed E-state index contributed by atoms with van der Waals surface area (Å²) in [5.41, 5.74) is 1.42. The molecule has 2 heterocycles. The molecule has 3 heteroatoms.